The predicted molar refractivity (Wildman–Crippen MR) is 101 cm³/mol. The number of ether oxygens (including phenoxy) is 2. The second-order valence-electron chi connectivity index (χ2n) is 6.32. The van der Waals surface area contributed by atoms with Gasteiger partial charge >= 0.3 is 0 Å². The minimum Gasteiger partial charge on any atom is -0.508 e. The second kappa shape index (κ2) is 14.1. The van der Waals surface area contributed by atoms with Crippen LogP contribution in [-0.2, 0) is 9.47 Å². The van der Waals surface area contributed by atoms with Crippen LogP contribution in [0.3, 0.4) is 0 Å². The van der Waals surface area contributed by atoms with Gasteiger partial charge in [-0.2, -0.15) is 0 Å². The van der Waals surface area contributed by atoms with E-state index in [1.54, 1.807) is 26.4 Å². The van der Waals surface area contributed by atoms with E-state index in [1.807, 2.05) is 12.1 Å². The lowest BCUT2D eigenvalue weighted by Gasteiger charge is -2.25. The maximum atomic E-state index is 9.49. The number of hydrogen-bond donors (Lipinski definition) is 1. The van der Waals surface area contributed by atoms with E-state index < -0.39 is 0 Å². The van der Waals surface area contributed by atoms with Crippen molar-refractivity contribution in [3.8, 4) is 5.75 Å². The molecule has 0 aliphatic rings. The summed E-state index contributed by atoms with van der Waals surface area (Å²) in [5.41, 5.74) is 1.21. The van der Waals surface area contributed by atoms with Crippen LogP contribution in [0.2, 0.25) is 0 Å². The van der Waals surface area contributed by atoms with Crippen LogP contribution in [0.1, 0.15) is 51.4 Å². The Bertz CT molecular complexity index is 378. The molecule has 0 fully saturated rings. The number of rotatable bonds is 15. The van der Waals surface area contributed by atoms with Gasteiger partial charge in [-0.05, 0) is 49.9 Å². The van der Waals surface area contributed by atoms with Crippen molar-refractivity contribution < 1.29 is 14.6 Å². The first-order chi connectivity index (χ1) is 11.8. The molecular weight excluding hydrogens is 302 g/mol. The first-order valence-electron chi connectivity index (χ1n) is 9.29. The quantitative estimate of drug-likeness (QED) is 0.475. The Morgan fingerprint density at radius 2 is 1.17 bits per heavy atom. The van der Waals surface area contributed by atoms with Gasteiger partial charge in [0, 0.05) is 46.2 Å². The van der Waals surface area contributed by atoms with Gasteiger partial charge in [0.15, 0.2) is 0 Å². The van der Waals surface area contributed by atoms with Gasteiger partial charge in [0.1, 0.15) is 5.75 Å². The van der Waals surface area contributed by atoms with E-state index in [4.69, 9.17) is 9.47 Å². The monoisotopic (exact) mass is 337 g/mol. The van der Waals surface area contributed by atoms with E-state index >= 15 is 0 Å². The number of nitrogens with zero attached hydrogens (tertiary/aromatic N) is 1. The maximum Gasteiger partial charge on any atom is 0.115 e. The summed E-state index contributed by atoms with van der Waals surface area (Å²) in [5, 5.41) is 9.49. The number of phenols is 1. The van der Waals surface area contributed by atoms with Gasteiger partial charge < -0.3 is 19.5 Å². The first-order valence-corrected chi connectivity index (χ1v) is 9.29. The predicted octanol–water partition coefficient (Wildman–Crippen LogP) is 4.61. The van der Waals surface area contributed by atoms with Crippen LogP contribution >= 0.6 is 0 Å². The Labute approximate surface area is 147 Å². The number of phenolic OH excluding ortho intramolecular Hbond substituents is 1. The molecule has 4 heteroatoms. The molecule has 24 heavy (non-hydrogen) atoms. The molecule has 0 heterocycles. The van der Waals surface area contributed by atoms with Crippen LogP contribution in [-0.4, -0.2) is 45.6 Å². The van der Waals surface area contributed by atoms with Crippen LogP contribution in [0.4, 0.5) is 5.69 Å². The van der Waals surface area contributed by atoms with Gasteiger partial charge in [0.2, 0.25) is 0 Å². The van der Waals surface area contributed by atoms with Gasteiger partial charge in [0.05, 0.1) is 0 Å². The van der Waals surface area contributed by atoms with Crippen molar-refractivity contribution in [2.45, 2.75) is 51.4 Å². The smallest absolute Gasteiger partial charge is 0.115 e. The Morgan fingerprint density at radius 3 is 1.62 bits per heavy atom. The van der Waals surface area contributed by atoms with Crippen LogP contribution in [0.25, 0.3) is 0 Å². The molecule has 4 nitrogen and oxygen atoms in total. The normalized spacial score (nSPS) is 10.9. The van der Waals surface area contributed by atoms with Crippen molar-refractivity contribution in [1.29, 1.82) is 0 Å². The third-order valence-corrected chi connectivity index (χ3v) is 4.27. The van der Waals surface area contributed by atoms with E-state index in [9.17, 15) is 5.11 Å². The molecule has 1 aromatic rings. The van der Waals surface area contributed by atoms with Gasteiger partial charge in [0.25, 0.3) is 0 Å². The van der Waals surface area contributed by atoms with Gasteiger partial charge in [-0.1, -0.05) is 25.7 Å². The van der Waals surface area contributed by atoms with E-state index in [0.29, 0.717) is 5.75 Å². The van der Waals surface area contributed by atoms with Gasteiger partial charge in [-0.15, -0.1) is 0 Å². The summed E-state index contributed by atoms with van der Waals surface area (Å²) in [7, 11) is 3.53. The number of benzene rings is 1. The average Bonchev–Trinajstić information content (AvgIpc) is 2.60. The highest BCUT2D eigenvalue weighted by molar-refractivity contribution is 5.48. The topological polar surface area (TPSA) is 41.9 Å². The molecule has 0 spiro atoms. The lowest BCUT2D eigenvalue weighted by atomic mass is 10.1. The third kappa shape index (κ3) is 9.78. The maximum absolute atomic E-state index is 9.49. The molecule has 138 valence electrons. The van der Waals surface area contributed by atoms with Crippen LogP contribution in [0.5, 0.6) is 5.75 Å². The molecule has 1 aromatic carbocycles. The number of methoxy groups -OCH3 is 2. The highest BCUT2D eigenvalue weighted by Gasteiger charge is 2.06. The minimum absolute atomic E-state index is 0.331. The van der Waals surface area contributed by atoms with Crippen LogP contribution in [0, 0.1) is 0 Å². The SMILES string of the molecule is COCCCCCCN(CCCCCCOC)c1ccc(O)cc1. The second-order valence-corrected chi connectivity index (χ2v) is 6.32. The summed E-state index contributed by atoms with van der Waals surface area (Å²) in [4.78, 5) is 2.45. The highest BCUT2D eigenvalue weighted by Crippen LogP contribution is 2.20. The molecule has 0 atom stereocenters. The highest BCUT2D eigenvalue weighted by atomic mass is 16.5. The van der Waals surface area contributed by atoms with E-state index in [0.717, 1.165) is 39.1 Å². The molecule has 1 N–H and O–H groups in total. The van der Waals surface area contributed by atoms with Crippen molar-refractivity contribution in [2.75, 3.05) is 45.4 Å². The zero-order valence-electron chi connectivity index (χ0n) is 15.5. The average molecular weight is 338 g/mol. The first kappa shape index (κ1) is 20.8. The van der Waals surface area contributed by atoms with Crippen molar-refractivity contribution in [3.63, 3.8) is 0 Å². The van der Waals surface area contributed by atoms with E-state index in [-0.39, 0.29) is 0 Å². The van der Waals surface area contributed by atoms with Crippen LogP contribution < -0.4 is 4.90 Å². The molecule has 0 aromatic heterocycles. The molecule has 0 aliphatic heterocycles. The molecule has 0 saturated carbocycles. The van der Waals surface area contributed by atoms with Gasteiger partial charge in [-0.3, -0.25) is 0 Å². The Balaban J connectivity index is 2.34. The molecule has 0 aliphatic carbocycles. The molecule has 0 saturated heterocycles. The van der Waals surface area contributed by atoms with Crippen molar-refractivity contribution >= 4 is 5.69 Å². The standard InChI is InChI=1S/C20H35NO3/c1-23-17-9-5-3-7-15-21(16-8-4-6-10-18-24-2)19-11-13-20(22)14-12-19/h11-14,22H,3-10,15-18H2,1-2H3. The molecule has 0 amide bonds. The van der Waals surface area contributed by atoms with Crippen molar-refractivity contribution in [3.05, 3.63) is 24.3 Å². The minimum atomic E-state index is 0.331. The summed E-state index contributed by atoms with van der Waals surface area (Å²) in [6.07, 6.45) is 9.65. The van der Waals surface area contributed by atoms with Crippen molar-refractivity contribution in [2.24, 2.45) is 0 Å². The summed E-state index contributed by atoms with van der Waals surface area (Å²) < 4.78 is 10.2. The number of anilines is 1. The number of hydrogen-bond acceptors (Lipinski definition) is 4. The Hall–Kier alpha value is -1.26. The largest absolute Gasteiger partial charge is 0.508 e. The van der Waals surface area contributed by atoms with E-state index in [1.165, 1.54) is 44.2 Å². The fourth-order valence-corrected chi connectivity index (χ4v) is 2.84. The summed E-state index contributed by atoms with van der Waals surface area (Å²) in [5.74, 6) is 0.331. The Kier molecular flexibility index (Phi) is 12.2. The fourth-order valence-electron chi connectivity index (χ4n) is 2.84. The molecule has 0 unspecified atom stereocenters. The molecule has 1 rings (SSSR count). The van der Waals surface area contributed by atoms with Gasteiger partial charge in [-0.25, -0.2) is 0 Å². The zero-order valence-corrected chi connectivity index (χ0v) is 15.5. The lowest BCUT2D eigenvalue weighted by Crippen LogP contribution is -2.25. The summed E-state index contributed by atoms with van der Waals surface area (Å²) in [6, 6.07) is 7.59. The number of aromatic hydroxyl groups is 1. The fraction of sp³-hybridized carbons (Fsp3) is 0.700. The van der Waals surface area contributed by atoms with E-state index in [2.05, 4.69) is 4.90 Å². The lowest BCUT2D eigenvalue weighted by molar-refractivity contribution is 0.192. The number of unbranched alkanes of at least 4 members (excludes halogenated alkanes) is 6. The molecule has 0 radical (unpaired) electrons. The molecule has 0 bridgehead atoms. The molecular formula is C20H35NO3. The third-order valence-electron chi connectivity index (χ3n) is 4.27. The Morgan fingerprint density at radius 1 is 0.708 bits per heavy atom. The van der Waals surface area contributed by atoms with Crippen molar-refractivity contribution in [1.82, 2.24) is 0 Å². The van der Waals surface area contributed by atoms with Crippen LogP contribution in [0.15, 0.2) is 24.3 Å². The summed E-state index contributed by atoms with van der Waals surface area (Å²) in [6.45, 7) is 3.89. The summed E-state index contributed by atoms with van der Waals surface area (Å²) >= 11 is 0. The zero-order chi connectivity index (χ0) is 17.5.